The predicted molar refractivity (Wildman–Crippen MR) is 53.3 cm³/mol. The Balaban J connectivity index is 2.18. The zero-order valence-electron chi connectivity index (χ0n) is 8.60. The minimum atomic E-state index is -0.620. The molecule has 0 aromatic carbocycles. The van der Waals surface area contributed by atoms with Crippen molar-refractivity contribution >= 4 is 6.09 Å². The second kappa shape index (κ2) is 6.08. The summed E-state index contributed by atoms with van der Waals surface area (Å²) in [5.74, 6) is 0. The van der Waals surface area contributed by atoms with Crippen molar-refractivity contribution in [2.24, 2.45) is 0 Å². The van der Waals surface area contributed by atoms with Crippen molar-refractivity contribution < 1.29 is 19.1 Å². The third-order valence-corrected chi connectivity index (χ3v) is 1.89. The van der Waals surface area contributed by atoms with E-state index in [0.717, 1.165) is 0 Å². The Hall–Kier alpha value is -1.49. The van der Waals surface area contributed by atoms with E-state index in [1.165, 1.54) is 12.5 Å². The van der Waals surface area contributed by atoms with Gasteiger partial charge in [0.15, 0.2) is 0 Å². The molecule has 0 aliphatic rings. The zero-order valence-corrected chi connectivity index (χ0v) is 8.60. The Labute approximate surface area is 88.0 Å². The van der Waals surface area contributed by atoms with Crippen LogP contribution in [0.2, 0.25) is 0 Å². The van der Waals surface area contributed by atoms with Crippen LogP contribution in [-0.2, 0) is 4.74 Å². The molecule has 0 saturated carbocycles. The Bertz CT molecular complexity index is 284. The summed E-state index contributed by atoms with van der Waals surface area (Å²) >= 11 is 0. The van der Waals surface area contributed by atoms with E-state index in [9.17, 15) is 9.90 Å². The first-order valence-electron chi connectivity index (χ1n) is 4.84. The van der Waals surface area contributed by atoms with Gasteiger partial charge in [-0.1, -0.05) is 0 Å². The van der Waals surface area contributed by atoms with Gasteiger partial charge < -0.3 is 19.6 Å². The SMILES string of the molecule is CCOC(=O)NCC[C@H](O)c1ccoc1. The molecule has 1 amide bonds. The summed E-state index contributed by atoms with van der Waals surface area (Å²) < 4.78 is 9.49. The highest BCUT2D eigenvalue weighted by molar-refractivity contribution is 5.66. The van der Waals surface area contributed by atoms with E-state index in [0.29, 0.717) is 25.1 Å². The molecule has 84 valence electrons. The summed E-state index contributed by atoms with van der Waals surface area (Å²) in [5.41, 5.74) is 0.709. The lowest BCUT2D eigenvalue weighted by Gasteiger charge is -2.08. The Morgan fingerprint density at radius 3 is 3.13 bits per heavy atom. The molecule has 5 heteroatoms. The number of aliphatic hydroxyl groups excluding tert-OH is 1. The van der Waals surface area contributed by atoms with Gasteiger partial charge in [-0.05, 0) is 19.4 Å². The van der Waals surface area contributed by atoms with Crippen LogP contribution in [0, 0.1) is 0 Å². The molecule has 0 fully saturated rings. The second-order valence-electron chi connectivity index (χ2n) is 3.01. The van der Waals surface area contributed by atoms with Crippen LogP contribution < -0.4 is 5.32 Å². The fraction of sp³-hybridized carbons (Fsp3) is 0.500. The molecule has 15 heavy (non-hydrogen) atoms. The zero-order chi connectivity index (χ0) is 11.1. The number of amides is 1. The number of ether oxygens (including phenoxy) is 1. The van der Waals surface area contributed by atoms with Crippen LogP contribution >= 0.6 is 0 Å². The number of hydrogen-bond acceptors (Lipinski definition) is 4. The number of nitrogens with one attached hydrogen (secondary N) is 1. The predicted octanol–water partition coefficient (Wildman–Crippen LogP) is 1.45. The van der Waals surface area contributed by atoms with Crippen LogP contribution in [0.5, 0.6) is 0 Å². The third-order valence-electron chi connectivity index (χ3n) is 1.89. The first-order valence-corrected chi connectivity index (χ1v) is 4.84. The van der Waals surface area contributed by atoms with Crippen molar-refractivity contribution in [1.82, 2.24) is 5.32 Å². The van der Waals surface area contributed by atoms with Crippen LogP contribution in [0.3, 0.4) is 0 Å². The van der Waals surface area contributed by atoms with Gasteiger partial charge in [-0.2, -0.15) is 0 Å². The minimum Gasteiger partial charge on any atom is -0.472 e. The minimum absolute atomic E-state index is 0.343. The van der Waals surface area contributed by atoms with Gasteiger partial charge in [0.2, 0.25) is 0 Å². The monoisotopic (exact) mass is 213 g/mol. The molecule has 0 aliphatic carbocycles. The van der Waals surface area contributed by atoms with Crippen LogP contribution in [0.25, 0.3) is 0 Å². The van der Waals surface area contributed by atoms with Crippen LogP contribution in [0.15, 0.2) is 23.0 Å². The highest BCUT2D eigenvalue weighted by Gasteiger charge is 2.09. The Morgan fingerprint density at radius 2 is 2.53 bits per heavy atom. The van der Waals surface area contributed by atoms with Crippen molar-refractivity contribution in [1.29, 1.82) is 0 Å². The molecule has 2 N–H and O–H groups in total. The standard InChI is InChI=1S/C10H15NO4/c1-2-15-10(13)11-5-3-9(12)8-4-6-14-7-8/h4,6-7,9,12H,2-3,5H2,1H3,(H,11,13)/t9-/m0/s1. The first-order chi connectivity index (χ1) is 7.24. The average Bonchev–Trinajstić information content (AvgIpc) is 2.70. The van der Waals surface area contributed by atoms with Crippen molar-refractivity contribution in [2.75, 3.05) is 13.2 Å². The number of alkyl carbamates (subject to hydrolysis) is 1. The van der Waals surface area contributed by atoms with Gasteiger partial charge in [-0.3, -0.25) is 0 Å². The lowest BCUT2D eigenvalue weighted by Crippen LogP contribution is -2.26. The lowest BCUT2D eigenvalue weighted by atomic mass is 10.1. The lowest BCUT2D eigenvalue weighted by molar-refractivity contribution is 0.143. The molecule has 0 radical (unpaired) electrons. The third kappa shape index (κ3) is 4.03. The van der Waals surface area contributed by atoms with Crippen molar-refractivity contribution in [2.45, 2.75) is 19.4 Å². The summed E-state index contributed by atoms with van der Waals surface area (Å²) in [7, 11) is 0. The van der Waals surface area contributed by atoms with Gasteiger partial charge in [0.1, 0.15) is 0 Å². The molecule has 5 nitrogen and oxygen atoms in total. The van der Waals surface area contributed by atoms with E-state index in [1.807, 2.05) is 0 Å². The molecule has 1 atom stereocenters. The fourth-order valence-corrected chi connectivity index (χ4v) is 1.12. The van der Waals surface area contributed by atoms with Gasteiger partial charge in [0, 0.05) is 12.1 Å². The molecule has 1 heterocycles. The van der Waals surface area contributed by atoms with Gasteiger partial charge >= 0.3 is 6.09 Å². The van der Waals surface area contributed by atoms with Gasteiger partial charge in [0.05, 0.1) is 25.2 Å². The number of hydrogen-bond donors (Lipinski definition) is 2. The first kappa shape index (κ1) is 11.6. The highest BCUT2D eigenvalue weighted by Crippen LogP contribution is 2.15. The maximum Gasteiger partial charge on any atom is 0.407 e. The molecule has 1 rings (SSSR count). The summed E-state index contributed by atoms with van der Waals surface area (Å²) in [6, 6.07) is 1.69. The van der Waals surface area contributed by atoms with Gasteiger partial charge in [-0.25, -0.2) is 4.79 Å². The van der Waals surface area contributed by atoms with Crippen LogP contribution in [-0.4, -0.2) is 24.4 Å². The van der Waals surface area contributed by atoms with Crippen LogP contribution in [0.4, 0.5) is 4.79 Å². The largest absolute Gasteiger partial charge is 0.472 e. The van der Waals surface area contributed by atoms with Gasteiger partial charge in [-0.15, -0.1) is 0 Å². The summed E-state index contributed by atoms with van der Waals surface area (Å²) in [6.45, 7) is 2.45. The molecule has 0 unspecified atom stereocenters. The quantitative estimate of drug-likeness (QED) is 0.776. The van der Waals surface area contributed by atoms with Crippen molar-refractivity contribution in [3.05, 3.63) is 24.2 Å². The van der Waals surface area contributed by atoms with E-state index in [2.05, 4.69) is 10.1 Å². The summed E-state index contributed by atoms with van der Waals surface area (Å²) in [5, 5.41) is 12.1. The molecular weight excluding hydrogens is 198 g/mol. The van der Waals surface area contributed by atoms with Crippen molar-refractivity contribution in [3.63, 3.8) is 0 Å². The topological polar surface area (TPSA) is 71.7 Å². The molecule has 1 aromatic heterocycles. The maximum absolute atomic E-state index is 10.9. The number of carbonyl (C=O) groups excluding carboxylic acids is 1. The molecular formula is C10H15NO4. The molecule has 1 aromatic rings. The molecule has 0 saturated heterocycles. The van der Waals surface area contributed by atoms with E-state index >= 15 is 0 Å². The number of furan rings is 1. The average molecular weight is 213 g/mol. The van der Waals surface area contributed by atoms with E-state index in [1.54, 1.807) is 13.0 Å². The smallest absolute Gasteiger partial charge is 0.407 e. The second-order valence-corrected chi connectivity index (χ2v) is 3.01. The highest BCUT2D eigenvalue weighted by atomic mass is 16.5. The Morgan fingerprint density at radius 1 is 1.73 bits per heavy atom. The molecule has 0 aliphatic heterocycles. The van der Waals surface area contributed by atoms with E-state index in [-0.39, 0.29) is 0 Å². The number of carbonyl (C=O) groups is 1. The normalized spacial score (nSPS) is 12.1. The van der Waals surface area contributed by atoms with Crippen LogP contribution in [0.1, 0.15) is 25.0 Å². The van der Waals surface area contributed by atoms with Gasteiger partial charge in [0.25, 0.3) is 0 Å². The van der Waals surface area contributed by atoms with Crippen molar-refractivity contribution in [3.8, 4) is 0 Å². The molecule has 0 spiro atoms. The summed E-state index contributed by atoms with van der Waals surface area (Å²) in [6.07, 6.45) is 2.33. The number of rotatable bonds is 5. The molecule has 0 bridgehead atoms. The number of aliphatic hydroxyl groups is 1. The van der Waals surface area contributed by atoms with E-state index in [4.69, 9.17) is 4.42 Å². The fourth-order valence-electron chi connectivity index (χ4n) is 1.12. The Kier molecular flexibility index (Phi) is 4.70. The maximum atomic E-state index is 10.9. The van der Waals surface area contributed by atoms with E-state index < -0.39 is 12.2 Å². The summed E-state index contributed by atoms with van der Waals surface area (Å²) in [4.78, 5) is 10.9.